The zero-order valence-electron chi connectivity index (χ0n) is 11.7. The molecule has 118 valence electrons. The van der Waals surface area contributed by atoms with Crippen LogP contribution in [0.4, 0.5) is 13.2 Å². The lowest BCUT2D eigenvalue weighted by atomic mass is 9.84. The number of alkyl halides is 3. The molecule has 6 heteroatoms. The first kappa shape index (κ1) is 16.1. The molecule has 0 spiro atoms. The van der Waals surface area contributed by atoms with Crippen molar-refractivity contribution in [1.82, 2.24) is 5.32 Å². The summed E-state index contributed by atoms with van der Waals surface area (Å²) in [6.45, 7) is 0. The molecule has 1 N–H and O–H groups in total. The van der Waals surface area contributed by atoms with Crippen LogP contribution in [0, 0.1) is 8.80 Å². The van der Waals surface area contributed by atoms with Crippen LogP contribution in [0.15, 0.2) is 6.07 Å². The van der Waals surface area contributed by atoms with Crippen LogP contribution in [0.1, 0.15) is 55.0 Å². The van der Waals surface area contributed by atoms with Crippen molar-refractivity contribution in [2.45, 2.75) is 63.2 Å². The van der Waals surface area contributed by atoms with Crippen LogP contribution in [-0.4, -0.2) is 12.2 Å². The van der Waals surface area contributed by atoms with Crippen LogP contribution >= 0.6 is 33.9 Å². The fourth-order valence-electron chi connectivity index (χ4n) is 3.62. The fraction of sp³-hybridized carbons (Fsp3) is 0.733. The summed E-state index contributed by atoms with van der Waals surface area (Å²) in [5.74, 6) is -1.12. The van der Waals surface area contributed by atoms with Gasteiger partial charge in [0.15, 0.2) is 0 Å². The van der Waals surface area contributed by atoms with E-state index in [0.717, 1.165) is 25.7 Å². The predicted octanol–water partition coefficient (Wildman–Crippen LogP) is 5.44. The normalized spacial score (nSPS) is 30.2. The average molecular weight is 429 g/mol. The molecule has 0 aromatic carbocycles. The Balaban J connectivity index is 1.67. The molecule has 0 aliphatic heterocycles. The lowest BCUT2D eigenvalue weighted by Crippen LogP contribution is -2.41. The Kier molecular flexibility index (Phi) is 4.86. The first-order valence-corrected chi connectivity index (χ1v) is 9.44. The Morgan fingerprint density at radius 3 is 2.76 bits per heavy atom. The second kappa shape index (κ2) is 6.35. The van der Waals surface area contributed by atoms with Crippen molar-refractivity contribution < 1.29 is 13.2 Å². The maximum absolute atomic E-state index is 12.9. The minimum absolute atomic E-state index is 0.0129. The Labute approximate surface area is 140 Å². The third kappa shape index (κ3) is 3.75. The van der Waals surface area contributed by atoms with Crippen LogP contribution in [0.25, 0.3) is 0 Å². The van der Waals surface area contributed by atoms with Gasteiger partial charge in [-0.15, -0.1) is 11.3 Å². The lowest BCUT2D eigenvalue weighted by Gasteiger charge is -2.35. The van der Waals surface area contributed by atoms with E-state index in [-0.39, 0.29) is 18.5 Å². The monoisotopic (exact) mass is 429 g/mol. The number of hydrogen-bond donors (Lipinski definition) is 1. The summed E-state index contributed by atoms with van der Waals surface area (Å²) in [6, 6.07) is 2.48. The first-order chi connectivity index (χ1) is 9.93. The Bertz CT molecular complexity index is 500. The zero-order chi connectivity index (χ0) is 15.0. The van der Waals surface area contributed by atoms with E-state index in [0.29, 0.717) is 12.8 Å². The molecule has 3 unspecified atom stereocenters. The molecule has 3 atom stereocenters. The molecule has 1 fully saturated rings. The summed E-state index contributed by atoms with van der Waals surface area (Å²) in [4.78, 5) is 1.42. The second-order valence-electron chi connectivity index (χ2n) is 6.14. The van der Waals surface area contributed by atoms with E-state index >= 15 is 0 Å². The van der Waals surface area contributed by atoms with E-state index in [1.165, 1.54) is 13.3 Å². The van der Waals surface area contributed by atoms with Gasteiger partial charge in [-0.1, -0.05) is 6.42 Å². The van der Waals surface area contributed by atoms with Gasteiger partial charge in [-0.05, 0) is 72.7 Å². The number of aryl methyl sites for hydroxylation is 1. The standard InChI is InChI=1S/C15H19F3INS/c16-15(17,18)9-3-1-4-10(7-9)20-12-5-2-6-13-11(12)8-14(19)21-13/h8-10,12,20H,1-7H2. The van der Waals surface area contributed by atoms with Gasteiger partial charge in [0.25, 0.3) is 0 Å². The molecule has 0 bridgehead atoms. The summed E-state index contributed by atoms with van der Waals surface area (Å²) in [5, 5.41) is 3.53. The van der Waals surface area contributed by atoms with Gasteiger partial charge in [-0.2, -0.15) is 13.2 Å². The summed E-state index contributed by atoms with van der Waals surface area (Å²) in [5.41, 5.74) is 1.34. The third-order valence-electron chi connectivity index (χ3n) is 4.66. The summed E-state index contributed by atoms with van der Waals surface area (Å²) >= 11 is 4.16. The van der Waals surface area contributed by atoms with E-state index in [9.17, 15) is 13.2 Å². The van der Waals surface area contributed by atoms with E-state index in [1.807, 2.05) is 11.3 Å². The predicted molar refractivity (Wildman–Crippen MR) is 87.7 cm³/mol. The summed E-state index contributed by atoms with van der Waals surface area (Å²) in [6.07, 6.45) is 1.38. The molecule has 1 nitrogen and oxygen atoms in total. The molecule has 1 saturated carbocycles. The van der Waals surface area contributed by atoms with Gasteiger partial charge in [0.05, 0.1) is 8.80 Å². The van der Waals surface area contributed by atoms with E-state index < -0.39 is 12.1 Å². The third-order valence-corrected chi connectivity index (χ3v) is 6.63. The zero-order valence-corrected chi connectivity index (χ0v) is 14.7. The largest absolute Gasteiger partial charge is 0.391 e. The van der Waals surface area contributed by atoms with Crippen LogP contribution in [0.3, 0.4) is 0 Å². The molecular weight excluding hydrogens is 410 g/mol. The number of rotatable bonds is 2. The lowest BCUT2D eigenvalue weighted by molar-refractivity contribution is -0.183. The van der Waals surface area contributed by atoms with E-state index in [1.54, 1.807) is 0 Å². The highest BCUT2D eigenvalue weighted by molar-refractivity contribution is 14.1. The number of hydrogen-bond acceptors (Lipinski definition) is 2. The van der Waals surface area contributed by atoms with Gasteiger partial charge in [0, 0.05) is 17.0 Å². The Morgan fingerprint density at radius 2 is 2.00 bits per heavy atom. The molecule has 3 rings (SSSR count). The molecule has 0 saturated heterocycles. The average Bonchev–Trinajstić information content (AvgIpc) is 2.80. The maximum atomic E-state index is 12.9. The molecule has 2 aliphatic rings. The molecule has 0 radical (unpaired) electrons. The van der Waals surface area contributed by atoms with Crippen molar-refractivity contribution in [1.29, 1.82) is 0 Å². The maximum Gasteiger partial charge on any atom is 0.391 e. The molecule has 1 aromatic heterocycles. The molecule has 2 aliphatic carbocycles. The van der Waals surface area contributed by atoms with Crippen molar-refractivity contribution in [3.05, 3.63) is 19.4 Å². The van der Waals surface area contributed by atoms with Gasteiger partial charge in [-0.25, -0.2) is 0 Å². The fourth-order valence-corrected chi connectivity index (χ4v) is 5.74. The Hall–Kier alpha value is 0.180. The minimum atomic E-state index is -4.03. The van der Waals surface area contributed by atoms with Crippen molar-refractivity contribution in [3.8, 4) is 0 Å². The highest BCUT2D eigenvalue weighted by atomic mass is 127. The molecule has 1 heterocycles. The van der Waals surface area contributed by atoms with Crippen molar-refractivity contribution in [2.24, 2.45) is 5.92 Å². The van der Waals surface area contributed by atoms with Crippen molar-refractivity contribution in [2.75, 3.05) is 0 Å². The van der Waals surface area contributed by atoms with Crippen LogP contribution in [0.5, 0.6) is 0 Å². The van der Waals surface area contributed by atoms with Crippen molar-refractivity contribution in [3.63, 3.8) is 0 Å². The van der Waals surface area contributed by atoms with E-state index in [4.69, 9.17) is 0 Å². The molecule has 21 heavy (non-hydrogen) atoms. The smallest absolute Gasteiger partial charge is 0.307 e. The minimum Gasteiger partial charge on any atom is -0.307 e. The van der Waals surface area contributed by atoms with Gasteiger partial charge in [-0.3, -0.25) is 0 Å². The van der Waals surface area contributed by atoms with Gasteiger partial charge in [0.1, 0.15) is 0 Å². The van der Waals surface area contributed by atoms with Gasteiger partial charge >= 0.3 is 6.18 Å². The first-order valence-electron chi connectivity index (χ1n) is 7.54. The molecule has 1 aromatic rings. The number of thiophene rings is 1. The number of halogens is 4. The van der Waals surface area contributed by atoms with E-state index in [2.05, 4.69) is 34.0 Å². The quantitative estimate of drug-likeness (QED) is 0.618. The summed E-state index contributed by atoms with van der Waals surface area (Å²) < 4.78 is 40.0. The van der Waals surface area contributed by atoms with Crippen LogP contribution in [0.2, 0.25) is 0 Å². The van der Waals surface area contributed by atoms with Crippen LogP contribution < -0.4 is 5.32 Å². The number of fused-ring (bicyclic) bond motifs is 1. The Morgan fingerprint density at radius 1 is 1.19 bits per heavy atom. The topological polar surface area (TPSA) is 12.0 Å². The van der Waals surface area contributed by atoms with Gasteiger partial charge in [0.2, 0.25) is 0 Å². The molecular formula is C15H19F3INS. The second-order valence-corrected chi connectivity index (χ2v) is 9.17. The van der Waals surface area contributed by atoms with Gasteiger partial charge < -0.3 is 5.32 Å². The highest BCUT2D eigenvalue weighted by Crippen LogP contribution is 2.40. The highest BCUT2D eigenvalue weighted by Gasteiger charge is 2.42. The summed E-state index contributed by atoms with van der Waals surface area (Å²) in [7, 11) is 0. The van der Waals surface area contributed by atoms with Crippen molar-refractivity contribution >= 4 is 33.9 Å². The molecule has 0 amide bonds. The number of nitrogens with one attached hydrogen (secondary N) is 1. The SMILES string of the molecule is FC(F)(F)C1CCCC(NC2CCCc3sc(I)cc32)C1. The van der Waals surface area contributed by atoms with Crippen LogP contribution in [-0.2, 0) is 6.42 Å².